The molecule has 2 aliphatic rings. The number of nitrogens with zero attached hydrogens (tertiary/aromatic N) is 1. The first-order valence-electron chi connectivity index (χ1n) is 6.98. The third-order valence-corrected chi connectivity index (χ3v) is 4.14. The highest BCUT2D eigenvalue weighted by Crippen LogP contribution is 2.39. The van der Waals surface area contributed by atoms with Crippen molar-refractivity contribution >= 4 is 5.91 Å². The number of carbonyl (C=O) groups excluding carboxylic acids is 1. The van der Waals surface area contributed by atoms with Crippen molar-refractivity contribution in [3.63, 3.8) is 0 Å². The fourth-order valence-electron chi connectivity index (χ4n) is 3.09. The molecule has 2 rings (SSSR count). The van der Waals surface area contributed by atoms with Crippen LogP contribution in [0.1, 0.15) is 33.1 Å². The van der Waals surface area contributed by atoms with Crippen molar-refractivity contribution in [1.82, 2.24) is 4.90 Å². The quantitative estimate of drug-likeness (QED) is 0.767. The van der Waals surface area contributed by atoms with Crippen molar-refractivity contribution < 1.29 is 14.3 Å². The minimum atomic E-state index is -0.0526. The zero-order valence-electron chi connectivity index (χ0n) is 11.8. The van der Waals surface area contributed by atoms with E-state index in [0.717, 1.165) is 45.6 Å². The third kappa shape index (κ3) is 2.86. The van der Waals surface area contributed by atoms with Gasteiger partial charge in [-0.05, 0) is 25.2 Å². The van der Waals surface area contributed by atoms with E-state index in [1.807, 2.05) is 18.7 Å². The monoisotopic (exact) mass is 255 g/mol. The summed E-state index contributed by atoms with van der Waals surface area (Å²) in [4.78, 5) is 14.0. The number of amides is 1. The van der Waals surface area contributed by atoms with Gasteiger partial charge in [-0.2, -0.15) is 0 Å². The van der Waals surface area contributed by atoms with E-state index < -0.39 is 0 Å². The SMILES string of the molecule is COCCC1COC2(CCN(C(=O)C(C)C)C2)C1. The van der Waals surface area contributed by atoms with E-state index in [0.29, 0.717) is 5.92 Å². The molecular weight excluding hydrogens is 230 g/mol. The maximum absolute atomic E-state index is 12.0. The first-order valence-corrected chi connectivity index (χ1v) is 6.98. The van der Waals surface area contributed by atoms with E-state index in [2.05, 4.69) is 0 Å². The van der Waals surface area contributed by atoms with E-state index in [-0.39, 0.29) is 17.4 Å². The predicted molar refractivity (Wildman–Crippen MR) is 69.3 cm³/mol. The summed E-state index contributed by atoms with van der Waals surface area (Å²) in [6, 6.07) is 0. The van der Waals surface area contributed by atoms with E-state index >= 15 is 0 Å². The molecule has 2 saturated heterocycles. The molecule has 0 aromatic heterocycles. The van der Waals surface area contributed by atoms with Crippen molar-refractivity contribution in [1.29, 1.82) is 0 Å². The number of rotatable bonds is 4. The minimum Gasteiger partial charge on any atom is -0.385 e. The van der Waals surface area contributed by atoms with Gasteiger partial charge in [0.05, 0.1) is 12.2 Å². The van der Waals surface area contributed by atoms with Crippen LogP contribution in [0.2, 0.25) is 0 Å². The molecule has 0 aromatic rings. The number of likely N-dealkylation sites (tertiary alicyclic amines) is 1. The average Bonchev–Trinajstić information content (AvgIpc) is 2.94. The van der Waals surface area contributed by atoms with Crippen molar-refractivity contribution in [2.75, 3.05) is 33.4 Å². The minimum absolute atomic E-state index is 0.0526. The molecule has 0 N–H and O–H groups in total. The lowest BCUT2D eigenvalue weighted by atomic mass is 9.92. The average molecular weight is 255 g/mol. The molecule has 0 saturated carbocycles. The second kappa shape index (κ2) is 5.57. The van der Waals surface area contributed by atoms with Gasteiger partial charge in [0.25, 0.3) is 0 Å². The van der Waals surface area contributed by atoms with Gasteiger partial charge in [0, 0.05) is 32.7 Å². The molecule has 4 heteroatoms. The molecule has 0 aliphatic carbocycles. The van der Waals surface area contributed by atoms with Crippen LogP contribution >= 0.6 is 0 Å². The Hall–Kier alpha value is -0.610. The lowest BCUT2D eigenvalue weighted by Crippen LogP contribution is -2.37. The summed E-state index contributed by atoms with van der Waals surface area (Å²) >= 11 is 0. The molecule has 4 nitrogen and oxygen atoms in total. The molecule has 2 fully saturated rings. The largest absolute Gasteiger partial charge is 0.385 e. The van der Waals surface area contributed by atoms with Gasteiger partial charge < -0.3 is 14.4 Å². The van der Waals surface area contributed by atoms with E-state index in [9.17, 15) is 4.79 Å². The van der Waals surface area contributed by atoms with Crippen LogP contribution in [0.3, 0.4) is 0 Å². The van der Waals surface area contributed by atoms with Gasteiger partial charge in [-0.3, -0.25) is 4.79 Å². The Labute approximate surface area is 110 Å². The lowest BCUT2D eigenvalue weighted by Gasteiger charge is -2.24. The summed E-state index contributed by atoms with van der Waals surface area (Å²) in [6.07, 6.45) is 3.14. The molecule has 2 atom stereocenters. The first kappa shape index (κ1) is 13.8. The Morgan fingerprint density at radius 3 is 3.00 bits per heavy atom. The smallest absolute Gasteiger partial charge is 0.225 e. The van der Waals surface area contributed by atoms with Crippen LogP contribution in [-0.4, -0.2) is 49.8 Å². The summed E-state index contributed by atoms with van der Waals surface area (Å²) in [5.74, 6) is 0.945. The van der Waals surface area contributed by atoms with Crippen LogP contribution in [0, 0.1) is 11.8 Å². The van der Waals surface area contributed by atoms with Crippen LogP contribution in [0.25, 0.3) is 0 Å². The molecule has 2 heterocycles. The Kier molecular flexibility index (Phi) is 4.28. The lowest BCUT2D eigenvalue weighted by molar-refractivity contribution is -0.134. The van der Waals surface area contributed by atoms with Gasteiger partial charge in [-0.1, -0.05) is 13.8 Å². The first-order chi connectivity index (χ1) is 8.56. The predicted octanol–water partition coefficient (Wildman–Crippen LogP) is 1.69. The molecule has 104 valence electrons. The van der Waals surface area contributed by atoms with E-state index in [1.165, 1.54) is 0 Å². The molecular formula is C14H25NO3. The standard InChI is InChI=1S/C14H25NO3/c1-11(2)13(16)15-6-5-14(10-15)8-12(9-18-14)4-7-17-3/h11-12H,4-10H2,1-3H3. The van der Waals surface area contributed by atoms with Gasteiger partial charge in [0.2, 0.25) is 5.91 Å². The maximum atomic E-state index is 12.0. The maximum Gasteiger partial charge on any atom is 0.225 e. The Morgan fingerprint density at radius 2 is 2.33 bits per heavy atom. The third-order valence-electron chi connectivity index (χ3n) is 4.14. The molecule has 2 aliphatic heterocycles. The van der Waals surface area contributed by atoms with Crippen molar-refractivity contribution in [3.8, 4) is 0 Å². The molecule has 0 radical (unpaired) electrons. The summed E-state index contributed by atoms with van der Waals surface area (Å²) < 4.78 is 11.1. The van der Waals surface area contributed by atoms with Gasteiger partial charge in [-0.25, -0.2) is 0 Å². The summed E-state index contributed by atoms with van der Waals surface area (Å²) in [5.41, 5.74) is -0.0526. The molecule has 0 bridgehead atoms. The fourth-order valence-corrected chi connectivity index (χ4v) is 3.09. The Bertz CT molecular complexity index is 305. The van der Waals surface area contributed by atoms with Crippen LogP contribution < -0.4 is 0 Å². The highest BCUT2D eigenvalue weighted by molar-refractivity contribution is 5.78. The van der Waals surface area contributed by atoms with Gasteiger partial charge in [-0.15, -0.1) is 0 Å². The van der Waals surface area contributed by atoms with E-state index in [1.54, 1.807) is 7.11 Å². The molecule has 18 heavy (non-hydrogen) atoms. The zero-order valence-corrected chi connectivity index (χ0v) is 11.8. The van der Waals surface area contributed by atoms with Crippen molar-refractivity contribution in [2.45, 2.75) is 38.7 Å². The zero-order chi connectivity index (χ0) is 13.2. The summed E-state index contributed by atoms with van der Waals surface area (Å²) in [6.45, 7) is 7.20. The molecule has 1 spiro atoms. The van der Waals surface area contributed by atoms with Crippen molar-refractivity contribution in [2.24, 2.45) is 11.8 Å². The molecule has 1 amide bonds. The van der Waals surface area contributed by atoms with Gasteiger partial charge in [0.15, 0.2) is 0 Å². The van der Waals surface area contributed by atoms with Crippen LogP contribution in [0.5, 0.6) is 0 Å². The Balaban J connectivity index is 1.86. The summed E-state index contributed by atoms with van der Waals surface area (Å²) in [7, 11) is 1.74. The van der Waals surface area contributed by atoms with E-state index in [4.69, 9.17) is 9.47 Å². The van der Waals surface area contributed by atoms with Gasteiger partial charge in [0.1, 0.15) is 0 Å². The number of methoxy groups -OCH3 is 1. The molecule has 0 aromatic carbocycles. The highest BCUT2D eigenvalue weighted by atomic mass is 16.5. The fraction of sp³-hybridized carbons (Fsp3) is 0.929. The highest BCUT2D eigenvalue weighted by Gasteiger charge is 2.46. The number of carbonyl (C=O) groups is 1. The number of hydrogen-bond acceptors (Lipinski definition) is 3. The molecule has 2 unspecified atom stereocenters. The normalized spacial score (nSPS) is 31.8. The number of hydrogen-bond donors (Lipinski definition) is 0. The van der Waals surface area contributed by atoms with Crippen LogP contribution in [-0.2, 0) is 14.3 Å². The topological polar surface area (TPSA) is 38.8 Å². The Morgan fingerprint density at radius 1 is 1.56 bits per heavy atom. The summed E-state index contributed by atoms with van der Waals surface area (Å²) in [5, 5.41) is 0. The van der Waals surface area contributed by atoms with Crippen LogP contribution in [0.15, 0.2) is 0 Å². The van der Waals surface area contributed by atoms with Gasteiger partial charge >= 0.3 is 0 Å². The van der Waals surface area contributed by atoms with Crippen molar-refractivity contribution in [3.05, 3.63) is 0 Å². The second-order valence-corrected chi connectivity index (χ2v) is 6.01. The van der Waals surface area contributed by atoms with Crippen LogP contribution in [0.4, 0.5) is 0 Å². The number of ether oxygens (including phenoxy) is 2. The second-order valence-electron chi connectivity index (χ2n) is 6.01.